The molecule has 2 unspecified atom stereocenters. The highest BCUT2D eigenvalue weighted by molar-refractivity contribution is 5.79. The van der Waals surface area contributed by atoms with Crippen molar-refractivity contribution < 1.29 is 4.79 Å². The van der Waals surface area contributed by atoms with Crippen molar-refractivity contribution in [3.05, 3.63) is 17.5 Å². The molecule has 136 valence electrons. The van der Waals surface area contributed by atoms with Crippen LogP contribution in [0.1, 0.15) is 62.7 Å². The lowest BCUT2D eigenvalue weighted by molar-refractivity contribution is -0.137. The Morgan fingerprint density at radius 2 is 2.16 bits per heavy atom. The van der Waals surface area contributed by atoms with Crippen LogP contribution in [0.3, 0.4) is 0 Å². The van der Waals surface area contributed by atoms with Crippen LogP contribution in [0, 0.1) is 5.92 Å². The van der Waals surface area contributed by atoms with Gasteiger partial charge in [0, 0.05) is 36.8 Å². The number of hydrogen-bond acceptors (Lipinski definition) is 5. The minimum absolute atomic E-state index is 0.158. The van der Waals surface area contributed by atoms with Crippen molar-refractivity contribution in [2.75, 3.05) is 32.0 Å². The van der Waals surface area contributed by atoms with Crippen LogP contribution in [-0.4, -0.2) is 58.4 Å². The summed E-state index contributed by atoms with van der Waals surface area (Å²) in [5, 5.41) is 3.38. The van der Waals surface area contributed by atoms with Crippen LogP contribution >= 0.6 is 0 Å². The van der Waals surface area contributed by atoms with Crippen molar-refractivity contribution in [2.24, 2.45) is 5.92 Å². The zero-order chi connectivity index (χ0) is 17.6. The van der Waals surface area contributed by atoms with Crippen LogP contribution in [0.5, 0.6) is 0 Å². The fourth-order valence-corrected chi connectivity index (χ4v) is 3.91. The van der Waals surface area contributed by atoms with Gasteiger partial charge in [0.2, 0.25) is 11.9 Å². The Morgan fingerprint density at radius 3 is 2.88 bits per heavy atom. The number of nitrogens with zero attached hydrogens (tertiary/aromatic N) is 4. The maximum absolute atomic E-state index is 12.8. The first-order chi connectivity index (χ1) is 12.0. The average Bonchev–Trinajstić information content (AvgIpc) is 3.44. The lowest BCUT2D eigenvalue weighted by atomic mass is 9.78. The third kappa shape index (κ3) is 3.36. The van der Waals surface area contributed by atoms with Gasteiger partial charge in [-0.05, 0) is 52.5 Å². The molecule has 1 N–H and O–H groups in total. The molecule has 0 radical (unpaired) electrons. The summed E-state index contributed by atoms with van der Waals surface area (Å²) < 4.78 is 0. The number of fused-ring (bicyclic) bond motifs is 2. The number of nitrogens with one attached hydrogen (secondary N) is 1. The molecule has 25 heavy (non-hydrogen) atoms. The summed E-state index contributed by atoms with van der Waals surface area (Å²) in [6.07, 6.45) is 6.77. The number of piperidine rings is 1. The third-order valence-corrected chi connectivity index (χ3v) is 6.01. The highest BCUT2D eigenvalue weighted by Gasteiger charge is 2.42. The number of anilines is 1. The molecule has 6 heteroatoms. The molecule has 2 aliphatic heterocycles. The first-order valence-corrected chi connectivity index (χ1v) is 9.63. The highest BCUT2D eigenvalue weighted by atomic mass is 16.2. The fraction of sp³-hybridized carbons (Fsp3) is 0.737. The molecule has 2 bridgehead atoms. The van der Waals surface area contributed by atoms with E-state index in [-0.39, 0.29) is 11.9 Å². The van der Waals surface area contributed by atoms with Gasteiger partial charge in [0.25, 0.3) is 0 Å². The molecule has 5 rings (SSSR count). The second-order valence-electron chi connectivity index (χ2n) is 8.20. The molecule has 2 aliphatic carbocycles. The van der Waals surface area contributed by atoms with E-state index in [1.165, 1.54) is 24.1 Å². The number of hydrogen-bond donors (Lipinski definition) is 1. The Bertz CT molecular complexity index is 657. The van der Waals surface area contributed by atoms with Crippen molar-refractivity contribution in [1.29, 1.82) is 0 Å². The number of rotatable bonds is 6. The Balaban J connectivity index is 1.49. The number of amides is 1. The summed E-state index contributed by atoms with van der Waals surface area (Å²) >= 11 is 0. The Morgan fingerprint density at radius 1 is 1.36 bits per heavy atom. The highest BCUT2D eigenvalue weighted by Crippen LogP contribution is 2.45. The second-order valence-corrected chi connectivity index (χ2v) is 8.20. The Labute approximate surface area is 150 Å². The topological polar surface area (TPSA) is 61.4 Å². The van der Waals surface area contributed by atoms with Crippen LogP contribution < -0.4 is 5.32 Å². The molecule has 4 aliphatic rings. The second kappa shape index (κ2) is 6.56. The quantitative estimate of drug-likeness (QED) is 0.859. The minimum atomic E-state index is 0.158. The molecule has 1 aromatic rings. The largest absolute Gasteiger partial charge is 0.354 e. The number of carbonyl (C=O) groups is 1. The van der Waals surface area contributed by atoms with Gasteiger partial charge in [0.15, 0.2) is 0 Å². The summed E-state index contributed by atoms with van der Waals surface area (Å²) in [5.74, 6) is 2.16. The number of likely N-dealkylation sites (N-methyl/N-ethyl adjacent to an activating group) is 1. The summed E-state index contributed by atoms with van der Waals surface area (Å²) in [5.41, 5.74) is 2.34. The van der Waals surface area contributed by atoms with E-state index < -0.39 is 0 Å². The number of aromatic nitrogens is 2. The molecule has 2 fully saturated rings. The van der Waals surface area contributed by atoms with E-state index in [9.17, 15) is 4.79 Å². The molecule has 3 heterocycles. The summed E-state index contributed by atoms with van der Waals surface area (Å²) in [7, 11) is 2.01. The molecular formula is C19H29N5O. The zero-order valence-corrected chi connectivity index (χ0v) is 15.5. The van der Waals surface area contributed by atoms with E-state index in [4.69, 9.17) is 4.98 Å². The number of carbonyl (C=O) groups excluding carboxylic acids is 1. The zero-order valence-electron chi connectivity index (χ0n) is 15.5. The lowest BCUT2D eigenvalue weighted by Gasteiger charge is -2.46. The molecular weight excluding hydrogens is 314 g/mol. The molecule has 1 saturated carbocycles. The van der Waals surface area contributed by atoms with Crippen LogP contribution in [0.4, 0.5) is 5.95 Å². The summed E-state index contributed by atoms with van der Waals surface area (Å²) in [4.78, 5) is 26.3. The van der Waals surface area contributed by atoms with Gasteiger partial charge in [-0.1, -0.05) is 0 Å². The monoisotopic (exact) mass is 343 g/mol. The summed E-state index contributed by atoms with van der Waals surface area (Å²) in [6.45, 7) is 6.52. The van der Waals surface area contributed by atoms with E-state index in [2.05, 4.69) is 33.9 Å². The van der Waals surface area contributed by atoms with Gasteiger partial charge in [0.1, 0.15) is 0 Å². The maximum Gasteiger partial charge on any atom is 0.237 e. The SMILES string of the molecule is CC(C)N(C)CC(=O)N1CC2CCC1c1cnc(NCC3CC3)nc12. The molecule has 6 nitrogen and oxygen atoms in total. The molecule has 0 aromatic carbocycles. The van der Waals surface area contributed by atoms with Crippen molar-refractivity contribution >= 4 is 11.9 Å². The molecule has 1 amide bonds. The molecule has 0 spiro atoms. The Hall–Kier alpha value is -1.69. The lowest BCUT2D eigenvalue weighted by Crippen LogP contribution is -2.49. The average molecular weight is 343 g/mol. The van der Waals surface area contributed by atoms with E-state index in [1.54, 1.807) is 0 Å². The van der Waals surface area contributed by atoms with Crippen molar-refractivity contribution in [3.63, 3.8) is 0 Å². The smallest absolute Gasteiger partial charge is 0.237 e. The van der Waals surface area contributed by atoms with Gasteiger partial charge in [-0.3, -0.25) is 9.69 Å². The van der Waals surface area contributed by atoms with Crippen molar-refractivity contribution in [3.8, 4) is 0 Å². The first kappa shape index (κ1) is 16.8. The van der Waals surface area contributed by atoms with Crippen molar-refractivity contribution in [2.45, 2.75) is 57.5 Å². The van der Waals surface area contributed by atoms with E-state index in [0.29, 0.717) is 18.5 Å². The van der Waals surface area contributed by atoms with Gasteiger partial charge in [-0.2, -0.15) is 0 Å². The van der Waals surface area contributed by atoms with Gasteiger partial charge in [0.05, 0.1) is 18.3 Å². The van der Waals surface area contributed by atoms with Crippen molar-refractivity contribution in [1.82, 2.24) is 19.8 Å². The van der Waals surface area contributed by atoms with Crippen LogP contribution in [0.15, 0.2) is 6.20 Å². The maximum atomic E-state index is 12.8. The first-order valence-electron chi connectivity index (χ1n) is 9.63. The normalized spacial score (nSPS) is 24.8. The van der Waals surface area contributed by atoms with E-state index in [0.717, 1.165) is 37.8 Å². The van der Waals surface area contributed by atoms with Crippen LogP contribution in [0.2, 0.25) is 0 Å². The third-order valence-electron chi connectivity index (χ3n) is 6.01. The predicted octanol–water partition coefficient (Wildman–Crippen LogP) is 2.40. The van der Waals surface area contributed by atoms with E-state index in [1.807, 2.05) is 13.2 Å². The molecule has 1 aromatic heterocycles. The van der Waals surface area contributed by atoms with E-state index >= 15 is 0 Å². The van der Waals surface area contributed by atoms with Gasteiger partial charge < -0.3 is 10.2 Å². The van der Waals surface area contributed by atoms with Crippen LogP contribution in [0.25, 0.3) is 0 Å². The standard InChI is InChI=1S/C19H29N5O/c1-12(2)23(3)11-17(25)24-10-14-6-7-16(24)15-9-21-19(22-18(14)15)20-8-13-4-5-13/h9,12-14,16H,4-8,10-11H2,1-3H3,(H,20,21,22). The molecule has 2 atom stereocenters. The van der Waals surface area contributed by atoms with Gasteiger partial charge in [-0.25, -0.2) is 9.97 Å². The van der Waals surface area contributed by atoms with Gasteiger partial charge in [-0.15, -0.1) is 0 Å². The predicted molar refractivity (Wildman–Crippen MR) is 97.4 cm³/mol. The molecule has 1 saturated heterocycles. The summed E-state index contributed by atoms with van der Waals surface area (Å²) in [6, 6.07) is 0.534. The fourth-order valence-electron chi connectivity index (χ4n) is 3.91. The van der Waals surface area contributed by atoms with Gasteiger partial charge >= 0.3 is 0 Å². The Kier molecular flexibility index (Phi) is 4.40. The van der Waals surface area contributed by atoms with Crippen LogP contribution in [-0.2, 0) is 4.79 Å². The minimum Gasteiger partial charge on any atom is -0.354 e.